The molecule has 1 aromatic rings. The molecule has 2 aliphatic rings. The summed E-state index contributed by atoms with van der Waals surface area (Å²) in [5, 5.41) is 17.9. The molecule has 3 rings (SSSR count). The Labute approximate surface area is 113 Å². The average molecular weight is 265 g/mol. The molecule has 5 heteroatoms. The second-order valence-electron chi connectivity index (χ2n) is 6.02. The maximum Gasteiger partial charge on any atom is 0.258 e. The quantitative estimate of drug-likeness (QED) is 0.874. The van der Waals surface area contributed by atoms with Crippen LogP contribution in [0.15, 0.2) is 4.52 Å². The van der Waals surface area contributed by atoms with Gasteiger partial charge in [-0.05, 0) is 51.1 Å². The standard InChI is InChI=1S/C14H23N3O2/c1-2-10-3-4-11(9-10)12-16-13(19-17-12)14(18)5-7-15-8-6-14/h10-11,15,18H,2-9H2,1H3. The normalized spacial score (nSPS) is 30.6. The molecule has 2 unspecified atom stereocenters. The Bertz CT molecular complexity index is 426. The van der Waals surface area contributed by atoms with Crippen LogP contribution in [0.2, 0.25) is 0 Å². The lowest BCUT2D eigenvalue weighted by atomic mass is 9.92. The Morgan fingerprint density at radius 3 is 2.84 bits per heavy atom. The smallest absolute Gasteiger partial charge is 0.258 e. The highest BCUT2D eigenvalue weighted by Crippen LogP contribution is 2.39. The lowest BCUT2D eigenvalue weighted by molar-refractivity contribution is -0.0228. The van der Waals surface area contributed by atoms with Crippen molar-refractivity contribution in [3.8, 4) is 0 Å². The zero-order valence-electron chi connectivity index (χ0n) is 11.6. The van der Waals surface area contributed by atoms with Crippen molar-refractivity contribution < 1.29 is 9.63 Å². The number of piperidine rings is 1. The fourth-order valence-electron chi connectivity index (χ4n) is 3.32. The Morgan fingerprint density at radius 1 is 1.37 bits per heavy atom. The van der Waals surface area contributed by atoms with Gasteiger partial charge in [-0.3, -0.25) is 0 Å². The zero-order chi connectivity index (χ0) is 13.3. The zero-order valence-corrected chi connectivity index (χ0v) is 11.6. The Balaban J connectivity index is 1.72. The summed E-state index contributed by atoms with van der Waals surface area (Å²) < 4.78 is 5.35. The van der Waals surface area contributed by atoms with Crippen LogP contribution in [0.3, 0.4) is 0 Å². The van der Waals surface area contributed by atoms with E-state index in [4.69, 9.17) is 4.52 Å². The minimum atomic E-state index is -0.917. The van der Waals surface area contributed by atoms with Crippen LogP contribution in [-0.4, -0.2) is 28.3 Å². The molecule has 1 aliphatic carbocycles. The van der Waals surface area contributed by atoms with Gasteiger partial charge in [0.25, 0.3) is 5.89 Å². The molecule has 0 radical (unpaired) electrons. The molecule has 0 spiro atoms. The van der Waals surface area contributed by atoms with Gasteiger partial charge in [-0.1, -0.05) is 18.5 Å². The molecule has 1 aliphatic heterocycles. The number of nitrogens with zero attached hydrogens (tertiary/aromatic N) is 2. The van der Waals surface area contributed by atoms with Crippen LogP contribution < -0.4 is 5.32 Å². The summed E-state index contributed by atoms with van der Waals surface area (Å²) in [4.78, 5) is 4.50. The third-order valence-corrected chi connectivity index (χ3v) is 4.75. The summed E-state index contributed by atoms with van der Waals surface area (Å²) in [6.45, 7) is 3.84. The number of hydrogen-bond acceptors (Lipinski definition) is 5. The van der Waals surface area contributed by atoms with E-state index in [0.717, 1.165) is 37.7 Å². The molecular weight excluding hydrogens is 242 g/mol. The molecule has 0 bridgehead atoms. The third kappa shape index (κ3) is 2.54. The van der Waals surface area contributed by atoms with Crippen molar-refractivity contribution in [3.05, 3.63) is 11.7 Å². The van der Waals surface area contributed by atoms with Crippen LogP contribution in [0.1, 0.15) is 63.1 Å². The van der Waals surface area contributed by atoms with Crippen molar-refractivity contribution in [1.82, 2.24) is 15.5 Å². The van der Waals surface area contributed by atoms with Crippen molar-refractivity contribution in [2.24, 2.45) is 5.92 Å². The largest absolute Gasteiger partial charge is 0.380 e. The number of hydrogen-bond donors (Lipinski definition) is 2. The SMILES string of the molecule is CCC1CCC(c2noc(C3(O)CCNCC3)n2)C1. The van der Waals surface area contributed by atoms with Gasteiger partial charge < -0.3 is 14.9 Å². The molecule has 1 saturated heterocycles. The van der Waals surface area contributed by atoms with Gasteiger partial charge in [0.2, 0.25) is 0 Å². The molecule has 2 fully saturated rings. The molecular formula is C14H23N3O2. The molecule has 2 heterocycles. The molecule has 2 N–H and O–H groups in total. The maximum atomic E-state index is 10.6. The first-order valence-corrected chi connectivity index (χ1v) is 7.48. The molecule has 0 amide bonds. The highest BCUT2D eigenvalue weighted by molar-refractivity contribution is 5.05. The van der Waals surface area contributed by atoms with E-state index in [1.165, 1.54) is 12.8 Å². The minimum Gasteiger partial charge on any atom is -0.380 e. The molecule has 2 atom stereocenters. The van der Waals surface area contributed by atoms with Crippen molar-refractivity contribution in [3.63, 3.8) is 0 Å². The molecule has 5 nitrogen and oxygen atoms in total. The van der Waals surface area contributed by atoms with Gasteiger partial charge in [-0.25, -0.2) is 0 Å². The lowest BCUT2D eigenvalue weighted by Crippen LogP contribution is -2.40. The van der Waals surface area contributed by atoms with Gasteiger partial charge in [0, 0.05) is 5.92 Å². The van der Waals surface area contributed by atoms with E-state index in [-0.39, 0.29) is 0 Å². The maximum absolute atomic E-state index is 10.6. The van der Waals surface area contributed by atoms with E-state index in [2.05, 4.69) is 22.4 Å². The fourth-order valence-corrected chi connectivity index (χ4v) is 3.32. The minimum absolute atomic E-state index is 0.420. The molecule has 1 aromatic heterocycles. The van der Waals surface area contributed by atoms with Crippen LogP contribution >= 0.6 is 0 Å². The van der Waals surface area contributed by atoms with Crippen molar-refractivity contribution in [1.29, 1.82) is 0 Å². The van der Waals surface area contributed by atoms with Gasteiger partial charge in [-0.15, -0.1) is 0 Å². The molecule has 0 aromatic carbocycles. The summed E-state index contributed by atoms with van der Waals surface area (Å²) in [5.74, 6) is 2.45. The van der Waals surface area contributed by atoms with Crippen molar-refractivity contribution in [2.75, 3.05) is 13.1 Å². The van der Waals surface area contributed by atoms with E-state index in [1.54, 1.807) is 0 Å². The number of aliphatic hydroxyl groups is 1. The number of aromatic nitrogens is 2. The second kappa shape index (κ2) is 5.21. The van der Waals surface area contributed by atoms with Gasteiger partial charge in [0.05, 0.1) is 0 Å². The predicted molar refractivity (Wildman–Crippen MR) is 70.7 cm³/mol. The van der Waals surface area contributed by atoms with E-state index in [1.807, 2.05) is 0 Å². The fraction of sp³-hybridized carbons (Fsp3) is 0.857. The van der Waals surface area contributed by atoms with Crippen LogP contribution in [0.5, 0.6) is 0 Å². The summed E-state index contributed by atoms with van der Waals surface area (Å²) in [5.41, 5.74) is -0.917. The summed E-state index contributed by atoms with van der Waals surface area (Å²) in [7, 11) is 0. The van der Waals surface area contributed by atoms with Crippen molar-refractivity contribution >= 4 is 0 Å². The van der Waals surface area contributed by atoms with E-state index in [9.17, 15) is 5.11 Å². The van der Waals surface area contributed by atoms with Crippen molar-refractivity contribution in [2.45, 2.75) is 57.0 Å². The first-order valence-electron chi connectivity index (χ1n) is 7.48. The Hall–Kier alpha value is -0.940. The van der Waals surface area contributed by atoms with Gasteiger partial charge in [0.1, 0.15) is 5.60 Å². The van der Waals surface area contributed by atoms with E-state index in [0.29, 0.717) is 24.7 Å². The molecule has 106 valence electrons. The summed E-state index contributed by atoms with van der Waals surface area (Å²) in [6.07, 6.45) is 6.11. The van der Waals surface area contributed by atoms with Crippen LogP contribution in [0, 0.1) is 5.92 Å². The summed E-state index contributed by atoms with van der Waals surface area (Å²) in [6, 6.07) is 0. The second-order valence-corrected chi connectivity index (χ2v) is 6.02. The van der Waals surface area contributed by atoms with E-state index >= 15 is 0 Å². The van der Waals surface area contributed by atoms with Crippen LogP contribution in [-0.2, 0) is 5.60 Å². The first kappa shape index (κ1) is 13.1. The molecule has 1 saturated carbocycles. The van der Waals surface area contributed by atoms with E-state index < -0.39 is 5.60 Å². The number of rotatable bonds is 3. The van der Waals surface area contributed by atoms with Gasteiger partial charge in [0.15, 0.2) is 5.82 Å². The highest BCUT2D eigenvalue weighted by Gasteiger charge is 2.38. The monoisotopic (exact) mass is 265 g/mol. The van der Waals surface area contributed by atoms with Crippen LogP contribution in [0.25, 0.3) is 0 Å². The first-order chi connectivity index (χ1) is 9.21. The predicted octanol–water partition coefficient (Wildman–Crippen LogP) is 1.93. The molecule has 19 heavy (non-hydrogen) atoms. The topological polar surface area (TPSA) is 71.2 Å². The average Bonchev–Trinajstić information content (AvgIpc) is 3.08. The highest BCUT2D eigenvalue weighted by atomic mass is 16.5. The lowest BCUT2D eigenvalue weighted by Gasteiger charge is -2.28. The summed E-state index contributed by atoms with van der Waals surface area (Å²) >= 11 is 0. The Morgan fingerprint density at radius 2 is 2.16 bits per heavy atom. The Kier molecular flexibility index (Phi) is 3.58. The van der Waals surface area contributed by atoms with Gasteiger partial charge >= 0.3 is 0 Å². The third-order valence-electron chi connectivity index (χ3n) is 4.75. The van der Waals surface area contributed by atoms with Crippen LogP contribution in [0.4, 0.5) is 0 Å². The van der Waals surface area contributed by atoms with Gasteiger partial charge in [-0.2, -0.15) is 4.98 Å². The number of nitrogens with one attached hydrogen (secondary N) is 1.